The summed E-state index contributed by atoms with van der Waals surface area (Å²) in [6, 6.07) is 1.79. The number of rotatable bonds is 5. The number of piperazine rings is 1. The number of Topliss-reactive ketones (excluding diaryl/α,β-unsaturated/α-hetero) is 1. The van der Waals surface area contributed by atoms with Crippen molar-refractivity contribution >= 4 is 5.78 Å². The minimum absolute atomic E-state index is 0.0679. The molecule has 116 valence electrons. The first kappa shape index (κ1) is 15.9. The third-order valence-electron chi connectivity index (χ3n) is 3.81. The van der Waals surface area contributed by atoms with Crippen LogP contribution < -0.4 is 10.1 Å². The van der Waals surface area contributed by atoms with Gasteiger partial charge in [0.25, 0.3) is 0 Å². The molecule has 1 saturated heterocycles. The van der Waals surface area contributed by atoms with Gasteiger partial charge in [-0.3, -0.25) is 14.7 Å². The largest absolute Gasteiger partial charge is 0.489 e. The van der Waals surface area contributed by atoms with Crippen molar-refractivity contribution in [3.8, 4) is 5.75 Å². The molecule has 1 fully saturated rings. The third kappa shape index (κ3) is 3.80. The Bertz CT molecular complexity index is 494. The maximum atomic E-state index is 12.8. The van der Waals surface area contributed by atoms with Gasteiger partial charge in [0, 0.05) is 37.9 Å². The normalized spacial score (nSPS) is 17.0. The molecule has 1 aliphatic heterocycles. The fourth-order valence-electron chi connectivity index (χ4n) is 2.60. The minimum Gasteiger partial charge on any atom is -0.489 e. The number of hydrogen-bond acceptors (Lipinski definition) is 5. The van der Waals surface area contributed by atoms with E-state index in [1.807, 2.05) is 27.7 Å². The first-order chi connectivity index (χ1) is 9.91. The van der Waals surface area contributed by atoms with E-state index in [4.69, 9.17) is 4.74 Å². The van der Waals surface area contributed by atoms with Crippen LogP contribution in [0.25, 0.3) is 0 Å². The van der Waals surface area contributed by atoms with Crippen LogP contribution in [0.15, 0.2) is 18.5 Å². The molecule has 5 heteroatoms. The summed E-state index contributed by atoms with van der Waals surface area (Å²) in [6.45, 7) is 11.5. The Morgan fingerprint density at radius 1 is 1.33 bits per heavy atom. The molecule has 0 aliphatic carbocycles. The molecule has 0 amide bonds. The molecule has 1 N–H and O–H groups in total. The van der Waals surface area contributed by atoms with Crippen LogP contribution in [-0.4, -0.2) is 53.5 Å². The summed E-state index contributed by atoms with van der Waals surface area (Å²) in [5.74, 6) is 0.734. The number of nitrogens with one attached hydrogen (secondary N) is 1. The summed E-state index contributed by atoms with van der Waals surface area (Å²) in [7, 11) is 0. The van der Waals surface area contributed by atoms with Crippen LogP contribution in [-0.2, 0) is 0 Å². The lowest BCUT2D eigenvalue weighted by Gasteiger charge is -2.39. The van der Waals surface area contributed by atoms with Gasteiger partial charge in [-0.2, -0.15) is 0 Å². The van der Waals surface area contributed by atoms with E-state index in [0.717, 1.165) is 26.2 Å². The van der Waals surface area contributed by atoms with Gasteiger partial charge in [-0.1, -0.05) is 0 Å². The average Bonchev–Trinajstić information content (AvgIpc) is 2.47. The van der Waals surface area contributed by atoms with Crippen LogP contribution in [0.4, 0.5) is 0 Å². The molecule has 5 nitrogen and oxygen atoms in total. The van der Waals surface area contributed by atoms with Gasteiger partial charge in [0.2, 0.25) is 0 Å². The second-order valence-corrected chi connectivity index (χ2v) is 6.20. The van der Waals surface area contributed by atoms with Gasteiger partial charge in [0.15, 0.2) is 5.78 Å². The zero-order chi connectivity index (χ0) is 15.5. The lowest BCUT2D eigenvalue weighted by Crippen LogP contribution is -2.57. The Kier molecular flexibility index (Phi) is 4.96. The Morgan fingerprint density at radius 3 is 2.62 bits per heavy atom. The maximum absolute atomic E-state index is 12.8. The van der Waals surface area contributed by atoms with Gasteiger partial charge in [-0.15, -0.1) is 0 Å². The van der Waals surface area contributed by atoms with E-state index >= 15 is 0 Å². The average molecular weight is 291 g/mol. The summed E-state index contributed by atoms with van der Waals surface area (Å²) in [5, 5.41) is 3.31. The predicted octanol–water partition coefficient (Wildman–Crippen LogP) is 1.74. The standard InChI is InChI=1S/C16H25N3O2/c1-12(2)21-14-9-13(10-18-11-14)15(20)16(3,4)19-7-5-17-6-8-19/h9-12,17H,5-8H2,1-4H3. The van der Waals surface area contributed by atoms with Crippen molar-refractivity contribution in [1.82, 2.24) is 15.2 Å². The zero-order valence-corrected chi connectivity index (χ0v) is 13.3. The van der Waals surface area contributed by atoms with Crippen LogP contribution in [0.2, 0.25) is 0 Å². The highest BCUT2D eigenvalue weighted by Gasteiger charge is 2.35. The number of nitrogens with zero attached hydrogens (tertiary/aromatic N) is 2. The van der Waals surface area contributed by atoms with E-state index in [2.05, 4.69) is 15.2 Å². The van der Waals surface area contributed by atoms with E-state index in [1.165, 1.54) is 0 Å². The van der Waals surface area contributed by atoms with Crippen molar-refractivity contribution in [3.63, 3.8) is 0 Å². The summed E-state index contributed by atoms with van der Waals surface area (Å²) in [5.41, 5.74) is 0.0805. The summed E-state index contributed by atoms with van der Waals surface area (Å²) >= 11 is 0. The van der Waals surface area contributed by atoms with Gasteiger partial charge in [0.1, 0.15) is 5.75 Å². The molecule has 0 radical (unpaired) electrons. The van der Waals surface area contributed by atoms with Gasteiger partial charge in [0.05, 0.1) is 17.8 Å². The Morgan fingerprint density at radius 2 is 2.00 bits per heavy atom. The number of ether oxygens (including phenoxy) is 1. The molecule has 0 atom stereocenters. The predicted molar refractivity (Wildman–Crippen MR) is 82.9 cm³/mol. The van der Waals surface area contributed by atoms with E-state index < -0.39 is 5.54 Å². The highest BCUT2D eigenvalue weighted by molar-refractivity contribution is 6.02. The van der Waals surface area contributed by atoms with E-state index in [9.17, 15) is 4.79 Å². The first-order valence-electron chi connectivity index (χ1n) is 7.53. The SMILES string of the molecule is CC(C)Oc1cncc(C(=O)C(C)(C)N2CCNCC2)c1. The maximum Gasteiger partial charge on any atom is 0.184 e. The second-order valence-electron chi connectivity index (χ2n) is 6.20. The molecular weight excluding hydrogens is 266 g/mol. The summed E-state index contributed by atoms with van der Waals surface area (Å²) < 4.78 is 5.62. The Labute approximate surface area is 126 Å². The van der Waals surface area contributed by atoms with Gasteiger partial charge in [-0.25, -0.2) is 0 Å². The number of carbonyl (C=O) groups is 1. The monoisotopic (exact) mass is 291 g/mol. The lowest BCUT2D eigenvalue weighted by molar-refractivity contribution is 0.0601. The van der Waals surface area contributed by atoms with Crippen LogP contribution in [0.3, 0.4) is 0 Å². The Balaban J connectivity index is 2.17. The van der Waals surface area contributed by atoms with Crippen molar-refractivity contribution < 1.29 is 9.53 Å². The topological polar surface area (TPSA) is 54.5 Å². The van der Waals surface area contributed by atoms with E-state index in [1.54, 1.807) is 18.5 Å². The molecular formula is C16H25N3O2. The van der Waals surface area contributed by atoms with Crippen molar-refractivity contribution in [2.75, 3.05) is 26.2 Å². The van der Waals surface area contributed by atoms with Crippen molar-refractivity contribution in [3.05, 3.63) is 24.0 Å². The van der Waals surface area contributed by atoms with Crippen LogP contribution in [0.1, 0.15) is 38.1 Å². The number of ketones is 1. The molecule has 1 aromatic heterocycles. The zero-order valence-electron chi connectivity index (χ0n) is 13.3. The smallest absolute Gasteiger partial charge is 0.184 e. The fourth-order valence-corrected chi connectivity index (χ4v) is 2.60. The molecule has 0 unspecified atom stereocenters. The Hall–Kier alpha value is -1.46. The van der Waals surface area contributed by atoms with Crippen molar-refractivity contribution in [2.45, 2.75) is 39.3 Å². The van der Waals surface area contributed by atoms with Crippen molar-refractivity contribution in [2.24, 2.45) is 0 Å². The van der Waals surface area contributed by atoms with Crippen LogP contribution >= 0.6 is 0 Å². The number of pyridine rings is 1. The quantitative estimate of drug-likeness (QED) is 0.837. The van der Waals surface area contributed by atoms with Gasteiger partial charge >= 0.3 is 0 Å². The molecule has 1 aromatic rings. The minimum atomic E-state index is -0.528. The number of aromatic nitrogens is 1. The van der Waals surface area contributed by atoms with E-state index in [0.29, 0.717) is 11.3 Å². The molecule has 1 aliphatic rings. The molecule has 0 aromatic carbocycles. The fraction of sp³-hybridized carbons (Fsp3) is 0.625. The van der Waals surface area contributed by atoms with Gasteiger partial charge < -0.3 is 10.1 Å². The molecule has 0 saturated carbocycles. The lowest BCUT2D eigenvalue weighted by atomic mass is 9.91. The third-order valence-corrected chi connectivity index (χ3v) is 3.81. The second kappa shape index (κ2) is 6.54. The molecule has 0 spiro atoms. The number of hydrogen-bond donors (Lipinski definition) is 1. The highest BCUT2D eigenvalue weighted by Crippen LogP contribution is 2.23. The molecule has 2 heterocycles. The summed E-state index contributed by atoms with van der Waals surface area (Å²) in [6.07, 6.45) is 3.34. The summed E-state index contributed by atoms with van der Waals surface area (Å²) in [4.78, 5) is 19.2. The van der Waals surface area contributed by atoms with Crippen LogP contribution in [0.5, 0.6) is 5.75 Å². The highest BCUT2D eigenvalue weighted by atomic mass is 16.5. The molecule has 2 rings (SSSR count). The van der Waals surface area contributed by atoms with Crippen LogP contribution in [0, 0.1) is 0 Å². The van der Waals surface area contributed by atoms with E-state index in [-0.39, 0.29) is 11.9 Å². The molecule has 21 heavy (non-hydrogen) atoms. The first-order valence-corrected chi connectivity index (χ1v) is 7.53. The molecule has 0 bridgehead atoms. The van der Waals surface area contributed by atoms with Gasteiger partial charge in [-0.05, 0) is 33.8 Å². The van der Waals surface area contributed by atoms with Crippen molar-refractivity contribution in [1.29, 1.82) is 0 Å². The number of carbonyl (C=O) groups excluding carboxylic acids is 1.